The Labute approximate surface area is 269 Å². The van der Waals surface area contributed by atoms with Gasteiger partial charge in [0.25, 0.3) is 6.43 Å². The molecule has 0 aliphatic carbocycles. The quantitative estimate of drug-likeness (QED) is 0.1000. The van der Waals surface area contributed by atoms with Gasteiger partial charge in [0.15, 0.2) is 0 Å². The van der Waals surface area contributed by atoms with Crippen LogP contribution in [0.3, 0.4) is 0 Å². The predicted octanol–water partition coefficient (Wildman–Crippen LogP) is 12.3. The van der Waals surface area contributed by atoms with Gasteiger partial charge >= 0.3 is 6.11 Å². The number of ether oxygens (including phenoxy) is 1. The third-order valence-electron chi connectivity index (χ3n) is 7.76. The zero-order valence-corrected chi connectivity index (χ0v) is 25.2. The van der Waals surface area contributed by atoms with Crippen LogP contribution >= 0.6 is 0 Å². The minimum atomic E-state index is -4.71. The van der Waals surface area contributed by atoms with Gasteiger partial charge in [-0.05, 0) is 83.1 Å². The highest BCUT2D eigenvalue weighted by Gasteiger charge is 2.41. The summed E-state index contributed by atoms with van der Waals surface area (Å²) < 4.78 is 148. The minimum absolute atomic E-state index is 0.254. The number of rotatable bonds is 11. The monoisotopic (exact) mass is 676 g/mol. The zero-order valence-electron chi connectivity index (χ0n) is 25.2. The summed E-state index contributed by atoms with van der Waals surface area (Å²) in [6.07, 6.45) is -4.03. The lowest BCUT2D eigenvalue weighted by molar-refractivity contribution is -0.189. The minimum Gasteiger partial charge on any atom is -0.429 e. The molecule has 1 nitrogen and oxygen atoms in total. The van der Waals surface area contributed by atoms with E-state index in [4.69, 9.17) is 0 Å². The summed E-state index contributed by atoms with van der Waals surface area (Å²) in [5.41, 5.74) is -2.72. The second-order valence-corrected chi connectivity index (χ2v) is 11.1. The molecule has 11 heteroatoms. The number of hydrogen-bond acceptors (Lipinski definition) is 1. The summed E-state index contributed by atoms with van der Waals surface area (Å²) >= 11 is 0. The summed E-state index contributed by atoms with van der Waals surface area (Å²) in [5.74, 6) is -10.00. The molecule has 5 rings (SSSR count). The number of halogens is 10. The molecule has 0 aliphatic heterocycles. The van der Waals surface area contributed by atoms with E-state index in [1.54, 1.807) is 0 Å². The molecule has 0 aliphatic rings. The Morgan fingerprint density at radius 1 is 0.562 bits per heavy atom. The smallest absolute Gasteiger partial charge is 0.429 e. The molecule has 0 heterocycles. The zero-order chi connectivity index (χ0) is 34.7. The van der Waals surface area contributed by atoms with E-state index in [0.717, 1.165) is 49.4 Å². The van der Waals surface area contributed by atoms with Crippen LogP contribution in [0.25, 0.3) is 33.4 Å². The first-order chi connectivity index (χ1) is 22.8. The fourth-order valence-corrected chi connectivity index (χ4v) is 5.32. The molecule has 0 radical (unpaired) electrons. The Hall–Kier alpha value is -4.80. The molecule has 5 aromatic carbocycles. The van der Waals surface area contributed by atoms with Crippen molar-refractivity contribution in [3.63, 3.8) is 0 Å². The van der Waals surface area contributed by atoms with E-state index < -0.39 is 75.4 Å². The average Bonchev–Trinajstić information content (AvgIpc) is 3.00. The summed E-state index contributed by atoms with van der Waals surface area (Å²) in [5, 5.41) is 0. The van der Waals surface area contributed by atoms with E-state index in [1.165, 1.54) is 12.1 Å². The van der Waals surface area contributed by atoms with E-state index in [2.05, 4.69) is 11.7 Å². The molecule has 0 saturated heterocycles. The van der Waals surface area contributed by atoms with Crippen LogP contribution in [0.15, 0.2) is 84.9 Å². The molecule has 0 amide bonds. The lowest BCUT2D eigenvalue weighted by Crippen LogP contribution is -2.25. The molecule has 0 aromatic heterocycles. The van der Waals surface area contributed by atoms with Gasteiger partial charge in [-0.2, -0.15) is 8.78 Å². The summed E-state index contributed by atoms with van der Waals surface area (Å²) in [4.78, 5) is 0. The van der Waals surface area contributed by atoms with Crippen LogP contribution in [0.2, 0.25) is 0 Å². The van der Waals surface area contributed by atoms with Crippen molar-refractivity contribution in [3.05, 3.63) is 137 Å². The van der Waals surface area contributed by atoms with E-state index in [-0.39, 0.29) is 11.1 Å². The van der Waals surface area contributed by atoms with Gasteiger partial charge in [0.1, 0.15) is 46.2 Å². The van der Waals surface area contributed by atoms with Crippen LogP contribution in [0.5, 0.6) is 5.75 Å². The number of benzene rings is 5. The average molecular weight is 677 g/mol. The number of hydrogen-bond donors (Lipinski definition) is 0. The van der Waals surface area contributed by atoms with Crippen molar-refractivity contribution in [3.8, 4) is 39.1 Å². The first-order valence-corrected chi connectivity index (χ1v) is 14.8. The second-order valence-electron chi connectivity index (χ2n) is 11.1. The summed E-state index contributed by atoms with van der Waals surface area (Å²) in [7, 11) is 0. The molecular formula is C37H26F10O. The molecular weight excluding hydrogens is 650 g/mol. The van der Waals surface area contributed by atoms with Crippen LogP contribution in [0.4, 0.5) is 43.9 Å². The molecule has 0 atom stereocenters. The number of alkyl halides is 4. The van der Waals surface area contributed by atoms with Crippen LogP contribution in [-0.2, 0) is 12.5 Å². The maximum absolute atomic E-state index is 15.2. The maximum Gasteiger partial charge on any atom is 0.432 e. The Balaban J connectivity index is 1.36. The molecule has 0 N–H and O–H groups in total. The van der Waals surface area contributed by atoms with E-state index in [0.29, 0.717) is 41.5 Å². The highest BCUT2D eigenvalue weighted by Crippen LogP contribution is 2.39. The topological polar surface area (TPSA) is 9.23 Å². The summed E-state index contributed by atoms with van der Waals surface area (Å²) in [6, 6.07) is 15.2. The van der Waals surface area contributed by atoms with Gasteiger partial charge in [0.2, 0.25) is 0 Å². The van der Waals surface area contributed by atoms with E-state index >= 15 is 22.0 Å². The van der Waals surface area contributed by atoms with Gasteiger partial charge in [0.05, 0.1) is 5.56 Å². The lowest BCUT2D eigenvalue weighted by atomic mass is 9.97. The molecule has 250 valence electrons. The van der Waals surface area contributed by atoms with Crippen LogP contribution < -0.4 is 4.74 Å². The molecule has 5 aromatic rings. The molecule has 0 spiro atoms. The van der Waals surface area contributed by atoms with Crippen molar-refractivity contribution in [2.45, 2.75) is 45.1 Å². The van der Waals surface area contributed by atoms with Crippen molar-refractivity contribution in [1.29, 1.82) is 0 Å². The number of unbranched alkanes of at least 4 members (excludes halogenated alkanes) is 2. The predicted molar refractivity (Wildman–Crippen MR) is 162 cm³/mol. The standard InChI is InChI=1S/C37H26F10O/c1-2-3-4-5-20-6-8-21(9-7-20)22-10-12-26(28(38)14-22)24-17-32(42)35(33(43)18-24)37(46,47)48-25-11-13-27(29(39)19-25)23-15-30(40)34(36(44)45)31(41)16-23/h6-19,36H,2-5H2,1H3. The van der Waals surface area contributed by atoms with Gasteiger partial charge in [-0.15, -0.1) is 0 Å². The fraction of sp³-hybridized carbons (Fsp3) is 0.189. The molecule has 0 unspecified atom stereocenters. The van der Waals surface area contributed by atoms with E-state index in [1.807, 2.05) is 24.3 Å². The molecule has 0 fully saturated rings. The Morgan fingerprint density at radius 2 is 1.06 bits per heavy atom. The molecule has 0 saturated carbocycles. The molecule has 0 bridgehead atoms. The Bertz CT molecular complexity index is 1890. The van der Waals surface area contributed by atoms with Crippen molar-refractivity contribution >= 4 is 0 Å². The third-order valence-corrected chi connectivity index (χ3v) is 7.76. The Kier molecular flexibility index (Phi) is 10.2. The van der Waals surface area contributed by atoms with Crippen LogP contribution in [0, 0.1) is 34.9 Å². The normalized spacial score (nSPS) is 11.8. The van der Waals surface area contributed by atoms with Gasteiger partial charge in [0, 0.05) is 17.2 Å². The van der Waals surface area contributed by atoms with Gasteiger partial charge in [-0.1, -0.05) is 56.2 Å². The first kappa shape index (κ1) is 34.5. The fourth-order valence-electron chi connectivity index (χ4n) is 5.32. The van der Waals surface area contributed by atoms with Gasteiger partial charge < -0.3 is 4.74 Å². The van der Waals surface area contributed by atoms with Gasteiger partial charge in [-0.3, -0.25) is 0 Å². The molecule has 48 heavy (non-hydrogen) atoms. The van der Waals surface area contributed by atoms with Gasteiger partial charge in [-0.25, -0.2) is 35.1 Å². The van der Waals surface area contributed by atoms with Crippen molar-refractivity contribution in [2.24, 2.45) is 0 Å². The maximum atomic E-state index is 15.2. The highest BCUT2D eigenvalue weighted by molar-refractivity contribution is 5.72. The van der Waals surface area contributed by atoms with Crippen molar-refractivity contribution < 1.29 is 48.6 Å². The van der Waals surface area contributed by atoms with Crippen molar-refractivity contribution in [2.75, 3.05) is 0 Å². The number of aryl methyl sites for hydroxylation is 1. The SMILES string of the molecule is CCCCCc1ccc(-c2ccc(-c3cc(F)c(C(F)(F)Oc4ccc(-c5cc(F)c(C(F)F)c(F)c5)c(F)c4)c(F)c3)c(F)c2)cc1. The first-order valence-electron chi connectivity index (χ1n) is 14.8. The Morgan fingerprint density at radius 3 is 1.58 bits per heavy atom. The van der Waals surface area contributed by atoms with Crippen LogP contribution in [-0.4, -0.2) is 0 Å². The lowest BCUT2D eigenvalue weighted by Gasteiger charge is -2.20. The summed E-state index contributed by atoms with van der Waals surface area (Å²) in [6.45, 7) is 2.11. The highest BCUT2D eigenvalue weighted by atomic mass is 19.3. The largest absolute Gasteiger partial charge is 0.432 e. The second kappa shape index (κ2) is 14.1. The third kappa shape index (κ3) is 7.35. The van der Waals surface area contributed by atoms with Crippen molar-refractivity contribution in [1.82, 2.24) is 0 Å². The van der Waals surface area contributed by atoms with Crippen LogP contribution in [0.1, 0.15) is 49.3 Å². The van der Waals surface area contributed by atoms with E-state index in [9.17, 15) is 22.0 Å².